The molecule has 4 aromatic heterocycles. The second kappa shape index (κ2) is 10.0. The van der Waals surface area contributed by atoms with Crippen LogP contribution in [0.4, 0.5) is 11.8 Å². The number of anilines is 2. The van der Waals surface area contributed by atoms with Gasteiger partial charge in [0.1, 0.15) is 22.4 Å². The van der Waals surface area contributed by atoms with Gasteiger partial charge in [0.2, 0.25) is 5.95 Å². The number of nitrogens with zero attached hydrogens (tertiary/aromatic N) is 5. The van der Waals surface area contributed by atoms with Gasteiger partial charge >= 0.3 is 0 Å². The third kappa shape index (κ3) is 5.19. The summed E-state index contributed by atoms with van der Waals surface area (Å²) in [5.41, 5.74) is 3.04. The lowest BCUT2D eigenvalue weighted by Crippen LogP contribution is -2.36. The summed E-state index contributed by atoms with van der Waals surface area (Å²) in [7, 11) is -3.68. The first kappa shape index (κ1) is 26.0. The number of hydrogen-bond donors (Lipinski definition) is 4. The fraction of sp³-hybridized carbons (Fsp3) is 0.423. The predicted molar refractivity (Wildman–Crippen MR) is 148 cm³/mol. The standard InChI is InChI=1S/C26H29N7O4S2/c1-13-20(25-32-21-14(2)28-10-7-19(21)38-25)24(33-26(29-13)30-16-3-4-16)31-18-11-15(22(34)23(18)35)12-39(36,37)17-5-8-27-9-6-17/h5-10,15-16,18,22-23,34-35H,3-4,11-12H2,1-2H3,(H2,29,30,31,33)/t15-,18-,22-,23+/m1/s1. The van der Waals surface area contributed by atoms with E-state index in [-0.39, 0.29) is 17.1 Å². The quantitative estimate of drug-likeness (QED) is 0.248. The summed E-state index contributed by atoms with van der Waals surface area (Å²) in [6.45, 7) is 3.80. The Balaban J connectivity index is 1.32. The molecule has 0 amide bonds. The highest BCUT2D eigenvalue weighted by atomic mass is 32.2. The fourth-order valence-electron chi connectivity index (χ4n) is 5.03. The number of thiazole rings is 1. The zero-order valence-corrected chi connectivity index (χ0v) is 23.1. The van der Waals surface area contributed by atoms with E-state index in [1.807, 2.05) is 19.9 Å². The molecule has 2 saturated carbocycles. The second-order valence-electron chi connectivity index (χ2n) is 10.2. The average molecular weight is 568 g/mol. The van der Waals surface area contributed by atoms with Crippen molar-refractivity contribution in [2.75, 3.05) is 16.4 Å². The molecule has 13 heteroatoms. The van der Waals surface area contributed by atoms with Crippen LogP contribution < -0.4 is 10.6 Å². The SMILES string of the molecule is Cc1nc(NC2CC2)nc(N[C@@H]2C[C@H](CS(=O)(=O)c3ccncc3)[C@@H](O)[C@H]2O)c1-c1nc2c(C)nccc2s1. The Kier molecular flexibility index (Phi) is 6.69. The number of nitrogens with one attached hydrogen (secondary N) is 2. The maximum absolute atomic E-state index is 13.0. The van der Waals surface area contributed by atoms with Gasteiger partial charge < -0.3 is 20.8 Å². The third-order valence-electron chi connectivity index (χ3n) is 7.27. The van der Waals surface area contributed by atoms with Gasteiger partial charge in [0, 0.05) is 30.6 Å². The Bertz CT molecular complexity index is 1630. The second-order valence-corrected chi connectivity index (χ2v) is 13.3. The van der Waals surface area contributed by atoms with Gasteiger partial charge in [-0.25, -0.2) is 18.4 Å². The minimum Gasteiger partial charge on any atom is -0.390 e. The first-order chi connectivity index (χ1) is 18.7. The molecule has 0 bridgehead atoms. The minimum atomic E-state index is -3.68. The number of hydrogen-bond acceptors (Lipinski definition) is 12. The lowest BCUT2D eigenvalue weighted by molar-refractivity contribution is 0.0216. The zero-order valence-electron chi connectivity index (χ0n) is 21.4. The van der Waals surface area contributed by atoms with Crippen LogP contribution in [0.25, 0.3) is 20.8 Å². The first-order valence-electron chi connectivity index (χ1n) is 12.8. The molecule has 4 aromatic rings. The third-order valence-corrected chi connectivity index (χ3v) is 10.2. The van der Waals surface area contributed by atoms with Crippen molar-refractivity contribution in [1.29, 1.82) is 0 Å². The highest BCUT2D eigenvalue weighted by molar-refractivity contribution is 7.91. The molecule has 0 unspecified atom stereocenters. The van der Waals surface area contributed by atoms with Gasteiger partial charge in [-0.05, 0) is 51.3 Å². The average Bonchev–Trinajstić information content (AvgIpc) is 3.55. The molecule has 0 spiro atoms. The van der Waals surface area contributed by atoms with Gasteiger partial charge in [-0.2, -0.15) is 4.98 Å². The lowest BCUT2D eigenvalue weighted by Gasteiger charge is -2.21. The molecule has 4 atom stereocenters. The van der Waals surface area contributed by atoms with Crippen molar-refractivity contribution in [3.05, 3.63) is 48.2 Å². The highest BCUT2D eigenvalue weighted by Gasteiger charge is 2.44. The Hall–Kier alpha value is -3.26. The molecule has 2 fully saturated rings. The van der Waals surface area contributed by atoms with Crippen LogP contribution in [-0.2, 0) is 9.84 Å². The van der Waals surface area contributed by atoms with Crippen molar-refractivity contribution in [3.8, 4) is 10.6 Å². The van der Waals surface area contributed by atoms with E-state index in [0.29, 0.717) is 34.1 Å². The molecule has 0 saturated heterocycles. The van der Waals surface area contributed by atoms with Gasteiger partial charge in [-0.1, -0.05) is 0 Å². The number of aryl methyl sites for hydroxylation is 2. The normalized spacial score (nSPS) is 23.3. The van der Waals surface area contributed by atoms with Crippen molar-refractivity contribution in [1.82, 2.24) is 24.9 Å². The van der Waals surface area contributed by atoms with Gasteiger partial charge in [-0.3, -0.25) is 9.97 Å². The molecule has 0 aliphatic heterocycles. The number of aromatic nitrogens is 5. The van der Waals surface area contributed by atoms with Crippen LogP contribution in [0.1, 0.15) is 30.7 Å². The van der Waals surface area contributed by atoms with E-state index in [1.165, 1.54) is 35.9 Å². The van der Waals surface area contributed by atoms with Gasteiger partial charge in [-0.15, -0.1) is 11.3 Å². The predicted octanol–water partition coefficient (Wildman–Crippen LogP) is 2.73. The van der Waals surface area contributed by atoms with Crippen molar-refractivity contribution in [2.45, 2.75) is 62.3 Å². The monoisotopic (exact) mass is 567 g/mol. The fourth-order valence-corrected chi connectivity index (χ4v) is 7.77. The molecule has 11 nitrogen and oxygen atoms in total. The lowest BCUT2D eigenvalue weighted by atomic mass is 10.1. The van der Waals surface area contributed by atoms with E-state index in [9.17, 15) is 18.6 Å². The van der Waals surface area contributed by atoms with Gasteiger partial charge in [0.05, 0.1) is 44.4 Å². The van der Waals surface area contributed by atoms with E-state index in [4.69, 9.17) is 9.97 Å². The molecule has 39 heavy (non-hydrogen) atoms. The van der Waals surface area contributed by atoms with Crippen molar-refractivity contribution in [2.24, 2.45) is 5.92 Å². The number of aliphatic hydroxyl groups excluding tert-OH is 2. The van der Waals surface area contributed by atoms with Crippen LogP contribution in [0.15, 0.2) is 41.7 Å². The summed E-state index contributed by atoms with van der Waals surface area (Å²) in [5, 5.41) is 29.2. The topological polar surface area (TPSA) is 163 Å². The summed E-state index contributed by atoms with van der Waals surface area (Å²) in [4.78, 5) is 22.6. The molecular formula is C26H29N7O4S2. The summed E-state index contributed by atoms with van der Waals surface area (Å²) in [6.07, 6.45) is 4.53. The summed E-state index contributed by atoms with van der Waals surface area (Å²) < 4.78 is 26.9. The maximum atomic E-state index is 13.0. The zero-order chi connectivity index (χ0) is 27.3. The first-order valence-corrected chi connectivity index (χ1v) is 15.3. The molecular weight excluding hydrogens is 538 g/mol. The Labute approximate surface area is 229 Å². The van der Waals surface area contributed by atoms with Crippen molar-refractivity contribution >= 4 is 43.2 Å². The van der Waals surface area contributed by atoms with Crippen LogP contribution in [0.2, 0.25) is 0 Å². The van der Waals surface area contributed by atoms with E-state index in [0.717, 1.165) is 28.8 Å². The highest BCUT2D eigenvalue weighted by Crippen LogP contribution is 2.39. The van der Waals surface area contributed by atoms with Crippen LogP contribution in [0, 0.1) is 19.8 Å². The summed E-state index contributed by atoms with van der Waals surface area (Å²) in [5.74, 6) is -0.00150. The number of aliphatic hydroxyl groups is 2. The van der Waals surface area contributed by atoms with Gasteiger partial charge in [0.25, 0.3) is 0 Å². The minimum absolute atomic E-state index is 0.140. The molecule has 6 rings (SSSR count). The van der Waals surface area contributed by atoms with E-state index in [1.54, 1.807) is 6.20 Å². The molecule has 4 N–H and O–H groups in total. The van der Waals surface area contributed by atoms with E-state index >= 15 is 0 Å². The molecule has 0 radical (unpaired) electrons. The Morgan fingerprint density at radius 1 is 0.974 bits per heavy atom. The molecule has 2 aliphatic carbocycles. The number of sulfone groups is 1. The molecule has 4 heterocycles. The number of rotatable bonds is 8. The van der Waals surface area contributed by atoms with Crippen LogP contribution >= 0.6 is 11.3 Å². The van der Waals surface area contributed by atoms with E-state index < -0.39 is 34.0 Å². The van der Waals surface area contributed by atoms with Crippen LogP contribution in [0.5, 0.6) is 0 Å². The Morgan fingerprint density at radius 2 is 1.74 bits per heavy atom. The smallest absolute Gasteiger partial charge is 0.225 e. The number of pyridine rings is 2. The van der Waals surface area contributed by atoms with Crippen LogP contribution in [0.3, 0.4) is 0 Å². The van der Waals surface area contributed by atoms with Crippen LogP contribution in [-0.4, -0.2) is 73.6 Å². The molecule has 0 aromatic carbocycles. The Morgan fingerprint density at radius 3 is 2.46 bits per heavy atom. The number of fused-ring (bicyclic) bond motifs is 1. The van der Waals surface area contributed by atoms with Gasteiger partial charge in [0.15, 0.2) is 9.84 Å². The molecule has 204 valence electrons. The largest absolute Gasteiger partial charge is 0.390 e. The summed E-state index contributed by atoms with van der Waals surface area (Å²) >= 11 is 1.50. The molecule has 2 aliphatic rings. The van der Waals surface area contributed by atoms with E-state index in [2.05, 4.69) is 25.6 Å². The van der Waals surface area contributed by atoms with Crippen molar-refractivity contribution in [3.63, 3.8) is 0 Å². The van der Waals surface area contributed by atoms with Crippen molar-refractivity contribution < 1.29 is 18.6 Å². The maximum Gasteiger partial charge on any atom is 0.225 e. The summed E-state index contributed by atoms with van der Waals surface area (Å²) in [6, 6.07) is 4.49.